The molecular formula is C17H23N3O3. The Bertz CT molecular complexity index is 655. The van der Waals surface area contributed by atoms with Gasteiger partial charge in [0.25, 0.3) is 0 Å². The molecule has 0 radical (unpaired) electrons. The van der Waals surface area contributed by atoms with E-state index in [-0.39, 0.29) is 11.7 Å². The Morgan fingerprint density at radius 3 is 2.83 bits per heavy atom. The van der Waals surface area contributed by atoms with E-state index in [4.69, 9.17) is 10.5 Å². The molecule has 124 valence electrons. The number of ether oxygens (including phenoxy) is 1. The predicted octanol–water partition coefficient (Wildman–Crippen LogP) is 1.70. The van der Waals surface area contributed by atoms with Crippen molar-refractivity contribution < 1.29 is 14.3 Å². The number of ketones is 1. The molecule has 1 aliphatic rings. The fourth-order valence-corrected chi connectivity index (χ4v) is 2.56. The normalized spacial score (nSPS) is 13.5. The predicted molar refractivity (Wildman–Crippen MR) is 91.0 cm³/mol. The molecule has 1 aromatic carbocycles. The monoisotopic (exact) mass is 317 g/mol. The summed E-state index contributed by atoms with van der Waals surface area (Å²) in [4.78, 5) is 27.4. The molecule has 0 saturated carbocycles. The highest BCUT2D eigenvalue weighted by Gasteiger charge is 2.25. The molecule has 1 amide bonds. The summed E-state index contributed by atoms with van der Waals surface area (Å²) >= 11 is 0. The lowest BCUT2D eigenvalue weighted by molar-refractivity contribution is -0.126. The standard InChI is InChI=1S/C17H23N3O3/c1-11(2)17(22)20(4)9-10-23-14-6-5-12-15(16(14)18)13(21)7-8-19(12)3/h5-6H,1,7-10,18H2,2-4H3. The molecule has 0 saturated heterocycles. The average molecular weight is 317 g/mol. The molecule has 2 N–H and O–H groups in total. The van der Waals surface area contributed by atoms with E-state index in [1.54, 1.807) is 20.0 Å². The fourth-order valence-electron chi connectivity index (χ4n) is 2.56. The molecule has 0 unspecified atom stereocenters. The summed E-state index contributed by atoms with van der Waals surface area (Å²) in [6.45, 7) is 6.70. The third-order valence-corrected chi connectivity index (χ3v) is 3.94. The SMILES string of the molecule is C=C(C)C(=O)N(C)CCOc1ccc2c(c1N)C(=O)CCN2C. The van der Waals surface area contributed by atoms with Crippen molar-refractivity contribution in [3.63, 3.8) is 0 Å². The number of carbonyl (C=O) groups is 2. The number of Topliss-reactive ketones (excluding diaryl/α,β-unsaturated/α-hetero) is 1. The van der Waals surface area contributed by atoms with Crippen LogP contribution in [0, 0.1) is 0 Å². The number of fused-ring (bicyclic) bond motifs is 1. The Hall–Kier alpha value is -2.50. The van der Waals surface area contributed by atoms with Crippen LogP contribution in [0.15, 0.2) is 24.3 Å². The molecule has 1 aromatic rings. The lowest BCUT2D eigenvalue weighted by Gasteiger charge is -2.28. The molecule has 0 bridgehead atoms. The van der Waals surface area contributed by atoms with Crippen molar-refractivity contribution in [3.05, 3.63) is 29.8 Å². The number of nitrogen functional groups attached to an aromatic ring is 1. The lowest BCUT2D eigenvalue weighted by Crippen LogP contribution is -2.31. The molecule has 6 nitrogen and oxygen atoms in total. The molecule has 23 heavy (non-hydrogen) atoms. The summed E-state index contributed by atoms with van der Waals surface area (Å²) in [7, 11) is 3.62. The van der Waals surface area contributed by atoms with Crippen molar-refractivity contribution in [3.8, 4) is 5.75 Å². The minimum absolute atomic E-state index is 0.0376. The molecular weight excluding hydrogens is 294 g/mol. The number of nitrogens with zero attached hydrogens (tertiary/aromatic N) is 2. The van der Waals surface area contributed by atoms with Gasteiger partial charge in [0.05, 0.1) is 17.8 Å². The number of benzene rings is 1. The first-order chi connectivity index (χ1) is 10.8. The average Bonchev–Trinajstić information content (AvgIpc) is 2.51. The minimum atomic E-state index is -0.121. The van der Waals surface area contributed by atoms with Gasteiger partial charge < -0.3 is 20.3 Å². The Morgan fingerprint density at radius 2 is 2.17 bits per heavy atom. The molecule has 1 aliphatic heterocycles. The van der Waals surface area contributed by atoms with Crippen molar-refractivity contribution in [1.29, 1.82) is 0 Å². The van der Waals surface area contributed by atoms with Gasteiger partial charge in [-0.15, -0.1) is 0 Å². The first-order valence-electron chi connectivity index (χ1n) is 7.53. The van der Waals surface area contributed by atoms with E-state index in [0.717, 1.165) is 5.69 Å². The Kier molecular flexibility index (Phi) is 4.93. The van der Waals surface area contributed by atoms with E-state index >= 15 is 0 Å². The topological polar surface area (TPSA) is 75.9 Å². The van der Waals surface area contributed by atoms with Gasteiger partial charge in [0, 0.05) is 38.3 Å². The van der Waals surface area contributed by atoms with Crippen LogP contribution in [0.5, 0.6) is 5.75 Å². The maximum atomic E-state index is 12.1. The smallest absolute Gasteiger partial charge is 0.248 e. The van der Waals surface area contributed by atoms with Crippen LogP contribution in [0.1, 0.15) is 23.7 Å². The molecule has 0 fully saturated rings. The summed E-state index contributed by atoms with van der Waals surface area (Å²) in [5.41, 5.74) is 8.33. The molecule has 6 heteroatoms. The Morgan fingerprint density at radius 1 is 1.48 bits per heavy atom. The van der Waals surface area contributed by atoms with Crippen molar-refractivity contribution in [2.45, 2.75) is 13.3 Å². The molecule has 0 aliphatic carbocycles. The zero-order chi connectivity index (χ0) is 17.1. The van der Waals surface area contributed by atoms with E-state index < -0.39 is 0 Å². The quantitative estimate of drug-likeness (QED) is 0.661. The zero-order valence-corrected chi connectivity index (χ0v) is 13.9. The number of carbonyl (C=O) groups excluding carboxylic acids is 2. The van der Waals surface area contributed by atoms with Crippen LogP contribution >= 0.6 is 0 Å². The van der Waals surface area contributed by atoms with Crippen LogP contribution in [0.25, 0.3) is 0 Å². The zero-order valence-electron chi connectivity index (χ0n) is 13.9. The second-order valence-electron chi connectivity index (χ2n) is 5.82. The number of likely N-dealkylation sites (N-methyl/N-ethyl adjacent to an activating group) is 1. The molecule has 0 spiro atoms. The number of hydrogen-bond acceptors (Lipinski definition) is 5. The Labute approximate surface area is 136 Å². The molecule has 2 rings (SSSR count). The number of nitrogens with two attached hydrogens (primary N) is 1. The van der Waals surface area contributed by atoms with E-state index in [1.165, 1.54) is 4.90 Å². The second kappa shape index (κ2) is 6.73. The molecule has 0 atom stereocenters. The molecule has 0 aromatic heterocycles. The number of hydrogen-bond donors (Lipinski definition) is 1. The van der Waals surface area contributed by atoms with Gasteiger partial charge >= 0.3 is 0 Å². The van der Waals surface area contributed by atoms with Gasteiger partial charge in [-0.3, -0.25) is 9.59 Å². The number of anilines is 2. The highest BCUT2D eigenvalue weighted by molar-refractivity contribution is 6.08. The first kappa shape index (κ1) is 16.9. The summed E-state index contributed by atoms with van der Waals surface area (Å²) in [5, 5.41) is 0. The highest BCUT2D eigenvalue weighted by atomic mass is 16.5. The third-order valence-electron chi connectivity index (χ3n) is 3.94. The van der Waals surface area contributed by atoms with Gasteiger partial charge in [0.1, 0.15) is 12.4 Å². The van der Waals surface area contributed by atoms with Crippen molar-refractivity contribution in [2.75, 3.05) is 44.4 Å². The van der Waals surface area contributed by atoms with Gasteiger partial charge in [-0.05, 0) is 19.1 Å². The van der Waals surface area contributed by atoms with Gasteiger partial charge in [-0.25, -0.2) is 0 Å². The summed E-state index contributed by atoms with van der Waals surface area (Å²) in [6, 6.07) is 3.62. The largest absolute Gasteiger partial charge is 0.490 e. The van der Waals surface area contributed by atoms with E-state index in [9.17, 15) is 9.59 Å². The van der Waals surface area contributed by atoms with Crippen LogP contribution in [0.3, 0.4) is 0 Å². The van der Waals surface area contributed by atoms with Crippen molar-refractivity contribution >= 4 is 23.1 Å². The highest BCUT2D eigenvalue weighted by Crippen LogP contribution is 2.36. The fraction of sp³-hybridized carbons (Fsp3) is 0.412. The van der Waals surface area contributed by atoms with Crippen LogP contribution < -0.4 is 15.4 Å². The van der Waals surface area contributed by atoms with Gasteiger partial charge in [0.2, 0.25) is 5.91 Å². The molecule has 1 heterocycles. The number of amides is 1. The first-order valence-corrected chi connectivity index (χ1v) is 7.53. The van der Waals surface area contributed by atoms with Gasteiger partial charge in [-0.1, -0.05) is 6.58 Å². The van der Waals surface area contributed by atoms with E-state index in [1.807, 2.05) is 18.0 Å². The Balaban J connectivity index is 2.08. The summed E-state index contributed by atoms with van der Waals surface area (Å²) in [6.07, 6.45) is 0.451. The maximum Gasteiger partial charge on any atom is 0.248 e. The van der Waals surface area contributed by atoms with Crippen molar-refractivity contribution in [2.24, 2.45) is 0 Å². The van der Waals surface area contributed by atoms with Crippen LogP contribution in [0.4, 0.5) is 11.4 Å². The number of rotatable bonds is 5. The maximum absolute atomic E-state index is 12.1. The van der Waals surface area contributed by atoms with Crippen molar-refractivity contribution in [1.82, 2.24) is 4.90 Å². The summed E-state index contributed by atoms with van der Waals surface area (Å²) < 4.78 is 5.67. The van der Waals surface area contributed by atoms with Crippen LogP contribution in [0.2, 0.25) is 0 Å². The minimum Gasteiger partial charge on any atom is -0.490 e. The summed E-state index contributed by atoms with van der Waals surface area (Å²) in [5.74, 6) is 0.392. The van der Waals surface area contributed by atoms with E-state index in [0.29, 0.717) is 48.7 Å². The van der Waals surface area contributed by atoms with Gasteiger partial charge in [-0.2, -0.15) is 0 Å². The van der Waals surface area contributed by atoms with Crippen LogP contribution in [-0.4, -0.2) is 50.4 Å². The van der Waals surface area contributed by atoms with Crippen LogP contribution in [-0.2, 0) is 4.79 Å². The second-order valence-corrected chi connectivity index (χ2v) is 5.82. The van der Waals surface area contributed by atoms with E-state index in [2.05, 4.69) is 6.58 Å². The lowest BCUT2D eigenvalue weighted by atomic mass is 9.98. The van der Waals surface area contributed by atoms with Gasteiger partial charge in [0.15, 0.2) is 5.78 Å². The third kappa shape index (κ3) is 3.47.